The van der Waals surface area contributed by atoms with Gasteiger partial charge in [-0.2, -0.15) is 0 Å². The van der Waals surface area contributed by atoms with Crippen LogP contribution in [0.4, 0.5) is 8.78 Å². The number of carbonyl (C=O) groups is 1. The summed E-state index contributed by atoms with van der Waals surface area (Å²) in [5.74, 6) is -0.00580. The fourth-order valence-electron chi connectivity index (χ4n) is 3.70. The number of rotatable bonds is 7. The van der Waals surface area contributed by atoms with E-state index >= 15 is 0 Å². The molecule has 7 nitrogen and oxygen atoms in total. The van der Waals surface area contributed by atoms with E-state index < -0.39 is 19.4 Å². The van der Waals surface area contributed by atoms with Gasteiger partial charge in [0.25, 0.3) is 0 Å². The molecule has 0 unspecified atom stereocenters. The summed E-state index contributed by atoms with van der Waals surface area (Å²) in [6.07, 6.45) is 3.28. The Bertz CT molecular complexity index is 1050. The second kappa shape index (κ2) is 9.69. The number of fused-ring (bicyclic) bond motifs is 1. The van der Waals surface area contributed by atoms with Crippen LogP contribution in [-0.4, -0.2) is 69.5 Å². The fraction of sp³-hybridized carbons (Fsp3) is 0.476. The van der Waals surface area contributed by atoms with Crippen molar-refractivity contribution >= 4 is 28.1 Å². The first-order valence-corrected chi connectivity index (χ1v) is 11.1. The van der Waals surface area contributed by atoms with Crippen LogP contribution >= 0.6 is 11.3 Å². The summed E-state index contributed by atoms with van der Waals surface area (Å²) in [5, 5.41) is 13.7. The summed E-state index contributed by atoms with van der Waals surface area (Å²) < 4.78 is 25.4. The van der Waals surface area contributed by atoms with Gasteiger partial charge in [-0.15, -0.1) is 10.2 Å². The van der Waals surface area contributed by atoms with E-state index in [0.29, 0.717) is 31.6 Å². The molecule has 10 heteroatoms. The van der Waals surface area contributed by atoms with Crippen molar-refractivity contribution < 1.29 is 13.6 Å². The minimum absolute atomic E-state index is 0.00580. The highest BCUT2D eigenvalue weighted by molar-refractivity contribution is 7.14. The largest absolute Gasteiger partial charge is 0.342 e. The van der Waals surface area contributed by atoms with Crippen LogP contribution in [0.2, 0.25) is 0 Å². The van der Waals surface area contributed by atoms with Crippen LogP contribution in [0.25, 0.3) is 21.6 Å². The zero-order valence-electron chi connectivity index (χ0n) is 17.2. The number of alkyl halides is 2. The zero-order valence-corrected chi connectivity index (χ0v) is 18.0. The Balaban J connectivity index is 1.39. The van der Waals surface area contributed by atoms with Crippen LogP contribution in [0.5, 0.6) is 0 Å². The lowest BCUT2D eigenvalue weighted by atomic mass is 10.0. The number of hydrogen-bond donors (Lipinski definition) is 1. The van der Waals surface area contributed by atoms with Gasteiger partial charge in [0.1, 0.15) is 24.1 Å². The molecular weight excluding hydrogens is 422 g/mol. The van der Waals surface area contributed by atoms with Gasteiger partial charge in [0.2, 0.25) is 5.91 Å². The Morgan fingerprint density at radius 2 is 2.03 bits per heavy atom. The van der Waals surface area contributed by atoms with Crippen molar-refractivity contribution in [3.05, 3.63) is 35.1 Å². The molecule has 1 N–H and O–H groups in total. The molecular formula is C21H24F2N6OS. The maximum absolute atomic E-state index is 12.7. The van der Waals surface area contributed by atoms with Crippen molar-refractivity contribution in [2.24, 2.45) is 0 Å². The molecule has 1 saturated heterocycles. The lowest BCUT2D eigenvalue weighted by Crippen LogP contribution is -2.49. The van der Waals surface area contributed by atoms with Crippen molar-refractivity contribution in [2.45, 2.75) is 38.3 Å². The van der Waals surface area contributed by atoms with Crippen LogP contribution in [-0.2, 0) is 11.2 Å². The van der Waals surface area contributed by atoms with Crippen LogP contribution in [0.3, 0.4) is 0 Å². The maximum atomic E-state index is 12.7. The van der Waals surface area contributed by atoms with Gasteiger partial charge in [-0.1, -0.05) is 11.3 Å². The lowest BCUT2D eigenvalue weighted by molar-refractivity contribution is -0.131. The van der Waals surface area contributed by atoms with Gasteiger partial charge in [0.05, 0.1) is 23.7 Å². The van der Waals surface area contributed by atoms with E-state index in [0.717, 1.165) is 26.6 Å². The summed E-state index contributed by atoms with van der Waals surface area (Å²) in [4.78, 5) is 23.6. The number of aromatic nitrogens is 4. The molecule has 4 heterocycles. The molecule has 1 aliphatic rings. The average Bonchev–Trinajstić information content (AvgIpc) is 3.23. The molecule has 0 radical (unpaired) electrons. The van der Waals surface area contributed by atoms with Gasteiger partial charge in [-0.05, 0) is 38.0 Å². The Hall–Kier alpha value is -2.59. The number of piperidine rings is 1. The quantitative estimate of drug-likeness (QED) is 0.601. The molecule has 31 heavy (non-hydrogen) atoms. The number of nitrogens with zero attached hydrogens (tertiary/aromatic N) is 5. The van der Waals surface area contributed by atoms with Crippen molar-refractivity contribution in [1.29, 1.82) is 0 Å². The van der Waals surface area contributed by atoms with E-state index in [1.165, 1.54) is 11.3 Å². The second-order valence-corrected chi connectivity index (χ2v) is 8.88. The maximum Gasteiger partial charge on any atom is 0.228 e. The average molecular weight is 447 g/mol. The molecule has 3 aromatic rings. The number of nitrogens with one attached hydrogen (secondary N) is 1. The van der Waals surface area contributed by atoms with Gasteiger partial charge < -0.3 is 10.2 Å². The topological polar surface area (TPSA) is 83.9 Å². The molecule has 0 spiro atoms. The van der Waals surface area contributed by atoms with E-state index in [9.17, 15) is 13.6 Å². The summed E-state index contributed by atoms with van der Waals surface area (Å²) in [6.45, 7) is 1.58. The van der Waals surface area contributed by atoms with Gasteiger partial charge in [-0.3, -0.25) is 9.78 Å². The van der Waals surface area contributed by atoms with Crippen molar-refractivity contribution in [3.63, 3.8) is 0 Å². The third kappa shape index (κ3) is 5.19. The molecule has 1 amide bonds. The zero-order chi connectivity index (χ0) is 21.8. The van der Waals surface area contributed by atoms with Crippen molar-refractivity contribution in [2.75, 3.05) is 26.4 Å². The number of amides is 1. The number of carbonyl (C=O) groups excluding carboxylic acids is 1. The Labute approximate surface area is 182 Å². The Kier molecular flexibility index (Phi) is 6.77. The molecule has 3 aromatic heterocycles. The number of halogens is 2. The normalized spacial score (nSPS) is 15.2. The number of pyridine rings is 2. The molecule has 0 aromatic carbocycles. The van der Waals surface area contributed by atoms with E-state index in [2.05, 4.69) is 25.5 Å². The highest BCUT2D eigenvalue weighted by Gasteiger charge is 2.25. The predicted octanol–water partition coefficient (Wildman–Crippen LogP) is 2.89. The molecule has 0 aliphatic carbocycles. The van der Waals surface area contributed by atoms with E-state index in [1.807, 2.05) is 25.1 Å². The van der Waals surface area contributed by atoms with E-state index in [1.54, 1.807) is 11.1 Å². The molecule has 0 saturated carbocycles. The summed E-state index contributed by atoms with van der Waals surface area (Å²) in [6, 6.07) is 4.95. The standard InChI is InChI=1S/C21H24F2N6OS/c1-13-27-28-21(31-13)18-3-2-14-12-24-16(8-19(14)26-18)9-20(30)29-6-4-15(5-7-29)25-17(10-22)11-23/h2-3,8,12,15,17,25H,4-7,9-11H2,1H3. The summed E-state index contributed by atoms with van der Waals surface area (Å²) in [5.41, 5.74) is 2.16. The highest BCUT2D eigenvalue weighted by atomic mass is 32.1. The predicted molar refractivity (Wildman–Crippen MR) is 115 cm³/mol. The van der Waals surface area contributed by atoms with Gasteiger partial charge in [-0.25, -0.2) is 13.8 Å². The molecule has 164 valence electrons. The first kappa shape index (κ1) is 21.6. The molecule has 0 atom stereocenters. The first-order chi connectivity index (χ1) is 15.1. The third-order valence-corrected chi connectivity index (χ3v) is 6.26. The van der Waals surface area contributed by atoms with E-state index in [-0.39, 0.29) is 18.4 Å². The second-order valence-electron chi connectivity index (χ2n) is 7.70. The van der Waals surface area contributed by atoms with Crippen LogP contribution in [0, 0.1) is 6.92 Å². The number of aryl methyl sites for hydroxylation is 1. The summed E-state index contributed by atoms with van der Waals surface area (Å²) >= 11 is 1.48. The minimum atomic E-state index is -0.754. The lowest BCUT2D eigenvalue weighted by Gasteiger charge is -2.33. The monoisotopic (exact) mass is 446 g/mol. The highest BCUT2D eigenvalue weighted by Crippen LogP contribution is 2.24. The van der Waals surface area contributed by atoms with Gasteiger partial charge in [0, 0.05) is 30.7 Å². The van der Waals surface area contributed by atoms with E-state index in [4.69, 9.17) is 0 Å². The first-order valence-electron chi connectivity index (χ1n) is 10.3. The molecule has 1 aliphatic heterocycles. The fourth-order valence-corrected chi connectivity index (χ4v) is 4.36. The Morgan fingerprint density at radius 1 is 1.26 bits per heavy atom. The van der Waals surface area contributed by atoms with Crippen molar-refractivity contribution in [1.82, 2.24) is 30.4 Å². The summed E-state index contributed by atoms with van der Waals surface area (Å²) in [7, 11) is 0. The third-order valence-electron chi connectivity index (χ3n) is 5.40. The molecule has 1 fully saturated rings. The smallest absolute Gasteiger partial charge is 0.228 e. The SMILES string of the molecule is Cc1nnc(-c2ccc3cnc(CC(=O)N4CCC(NC(CF)CF)CC4)cc3n2)s1. The molecule has 0 bridgehead atoms. The van der Waals surface area contributed by atoms with Crippen LogP contribution in [0.15, 0.2) is 24.4 Å². The van der Waals surface area contributed by atoms with Crippen LogP contribution in [0.1, 0.15) is 23.5 Å². The number of likely N-dealkylation sites (tertiary alicyclic amines) is 1. The molecule has 4 rings (SSSR count). The van der Waals surface area contributed by atoms with Crippen LogP contribution < -0.4 is 5.32 Å². The Morgan fingerprint density at radius 3 is 2.71 bits per heavy atom. The van der Waals surface area contributed by atoms with Gasteiger partial charge in [0.15, 0.2) is 5.01 Å². The van der Waals surface area contributed by atoms with Crippen molar-refractivity contribution in [3.8, 4) is 10.7 Å². The number of hydrogen-bond acceptors (Lipinski definition) is 7. The van der Waals surface area contributed by atoms with Gasteiger partial charge >= 0.3 is 0 Å². The minimum Gasteiger partial charge on any atom is -0.342 e.